The van der Waals surface area contributed by atoms with Crippen LogP contribution >= 0.6 is 0 Å². The lowest BCUT2D eigenvalue weighted by Gasteiger charge is -2.43. The Labute approximate surface area is 336 Å². The summed E-state index contributed by atoms with van der Waals surface area (Å²) in [7, 11) is 0. The highest BCUT2D eigenvalue weighted by atomic mass is 15.3. The first-order chi connectivity index (χ1) is 27.9. The lowest BCUT2D eigenvalue weighted by molar-refractivity contribution is 0.444. The van der Waals surface area contributed by atoms with Crippen LogP contribution in [0.5, 0.6) is 0 Å². The second kappa shape index (κ2) is 13.0. The average molecular weight is 741 g/mol. The van der Waals surface area contributed by atoms with Gasteiger partial charge in [0.15, 0.2) is 0 Å². The molecule has 0 amide bonds. The Bertz CT molecular complexity index is 2770. The molecule has 4 heteroatoms. The highest BCUT2D eigenvalue weighted by Gasteiger charge is 2.43. The predicted octanol–water partition coefficient (Wildman–Crippen LogP) is 12.1. The topological polar surface area (TPSA) is 32.2 Å². The van der Waals surface area contributed by atoms with Crippen molar-refractivity contribution in [1.29, 1.82) is 0 Å². The fourth-order valence-electron chi connectivity index (χ4n) is 10.5. The van der Waals surface area contributed by atoms with Crippen LogP contribution in [-0.2, 0) is 11.8 Å². The summed E-state index contributed by atoms with van der Waals surface area (Å²) < 4.78 is 2.47. The monoisotopic (exact) mass is 740 g/mol. The van der Waals surface area contributed by atoms with Crippen molar-refractivity contribution in [3.63, 3.8) is 0 Å². The van der Waals surface area contributed by atoms with Gasteiger partial charge in [-0.25, -0.2) is 0 Å². The van der Waals surface area contributed by atoms with Gasteiger partial charge in [-0.1, -0.05) is 129 Å². The first-order valence-electron chi connectivity index (χ1n) is 20.7. The van der Waals surface area contributed by atoms with E-state index in [2.05, 4.69) is 199 Å². The van der Waals surface area contributed by atoms with Gasteiger partial charge < -0.3 is 20.1 Å². The zero-order valence-corrected chi connectivity index (χ0v) is 33.0. The molecule has 4 nitrogen and oxygen atoms in total. The lowest BCUT2D eigenvalue weighted by atomic mass is 9.76. The molecule has 6 aromatic rings. The minimum absolute atomic E-state index is 0.126. The van der Waals surface area contributed by atoms with E-state index in [0.717, 1.165) is 32.2 Å². The maximum absolute atomic E-state index is 4.10. The summed E-state index contributed by atoms with van der Waals surface area (Å²) in [6.07, 6.45) is 22.5. The van der Waals surface area contributed by atoms with Gasteiger partial charge in [-0.2, -0.15) is 0 Å². The van der Waals surface area contributed by atoms with E-state index in [1.54, 1.807) is 0 Å². The summed E-state index contributed by atoms with van der Waals surface area (Å²) in [5.41, 5.74) is 18.0. The zero-order chi connectivity index (χ0) is 38.3. The fourth-order valence-corrected chi connectivity index (χ4v) is 10.5. The van der Waals surface area contributed by atoms with Gasteiger partial charge in [0, 0.05) is 51.6 Å². The third-order valence-electron chi connectivity index (χ3n) is 13.3. The van der Waals surface area contributed by atoms with Crippen molar-refractivity contribution in [2.45, 2.75) is 63.6 Å². The minimum Gasteiger partial charge on any atom is -0.363 e. The Kier molecular flexibility index (Phi) is 7.78. The van der Waals surface area contributed by atoms with Crippen molar-refractivity contribution in [3.8, 4) is 27.9 Å². The molecular formula is C53H48N4. The number of hydrogen-bond donors (Lipinski definition) is 2. The van der Waals surface area contributed by atoms with Crippen LogP contribution in [0.3, 0.4) is 0 Å². The summed E-state index contributed by atoms with van der Waals surface area (Å²) in [5, 5.41) is 10.4. The standard InChI is InChI=1S/C53H48N4/c1-52(2)44-22-10-9-21-41(44)42-27-28-45-49(50(42)52)43-29-32-56(39-19-13-18-37(33-39)35-15-5-4-6-16-35)46(43)34-38-26-25-36-17-7-8-20-40(36)51(38)57(45)48-24-14-23-47(55-48)53(3)30-11-12-31-54-53/h4-8,10-11,13-20,22-30,32-33,48,54-55H,9,12,21,31,34H2,1-3H3. The molecule has 0 saturated carbocycles. The van der Waals surface area contributed by atoms with Crippen LogP contribution in [0.25, 0.3) is 44.3 Å². The van der Waals surface area contributed by atoms with Gasteiger partial charge >= 0.3 is 0 Å². The average Bonchev–Trinajstić information content (AvgIpc) is 3.76. The number of nitrogens with one attached hydrogen (secondary N) is 2. The van der Waals surface area contributed by atoms with Crippen molar-refractivity contribution in [1.82, 2.24) is 15.2 Å². The molecule has 11 rings (SSSR count). The molecule has 5 aliphatic rings. The van der Waals surface area contributed by atoms with Crippen molar-refractivity contribution < 1.29 is 0 Å². The zero-order valence-electron chi connectivity index (χ0n) is 33.0. The number of dihydropyridines is 1. The van der Waals surface area contributed by atoms with E-state index in [1.807, 2.05) is 0 Å². The first-order valence-corrected chi connectivity index (χ1v) is 20.7. The molecule has 2 aliphatic carbocycles. The van der Waals surface area contributed by atoms with Crippen molar-refractivity contribution in [3.05, 3.63) is 192 Å². The maximum Gasteiger partial charge on any atom is 0.123 e. The summed E-state index contributed by atoms with van der Waals surface area (Å²) in [6, 6.07) is 40.8. The fraction of sp³-hybridized carbons (Fsp3) is 0.208. The molecule has 0 radical (unpaired) electrons. The molecule has 2 N–H and O–H groups in total. The predicted molar refractivity (Wildman–Crippen MR) is 238 cm³/mol. The number of rotatable bonds is 4. The summed E-state index contributed by atoms with van der Waals surface area (Å²) in [5.74, 6) is 0. The minimum atomic E-state index is -0.275. The van der Waals surface area contributed by atoms with Crippen LogP contribution in [0.1, 0.15) is 62.4 Å². The third-order valence-corrected chi connectivity index (χ3v) is 13.3. The van der Waals surface area contributed by atoms with Crippen LogP contribution in [0, 0.1) is 0 Å². The number of nitrogens with zero attached hydrogens (tertiary/aromatic N) is 2. The molecule has 2 atom stereocenters. The van der Waals surface area contributed by atoms with Crippen molar-refractivity contribution >= 4 is 27.7 Å². The Morgan fingerprint density at radius 2 is 1.63 bits per heavy atom. The van der Waals surface area contributed by atoms with Gasteiger partial charge in [-0.05, 0) is 113 Å². The van der Waals surface area contributed by atoms with Gasteiger partial charge in [0.05, 0.1) is 16.9 Å². The largest absolute Gasteiger partial charge is 0.363 e. The lowest BCUT2D eigenvalue weighted by Crippen LogP contribution is -2.54. The molecule has 57 heavy (non-hydrogen) atoms. The van der Waals surface area contributed by atoms with E-state index in [0.29, 0.717) is 0 Å². The Morgan fingerprint density at radius 3 is 2.51 bits per heavy atom. The van der Waals surface area contributed by atoms with Crippen LogP contribution in [0.15, 0.2) is 169 Å². The highest BCUT2D eigenvalue weighted by molar-refractivity contribution is 6.03. The maximum atomic E-state index is 4.10. The molecule has 3 aliphatic heterocycles. The third kappa shape index (κ3) is 5.31. The van der Waals surface area contributed by atoms with Crippen LogP contribution in [0.4, 0.5) is 11.4 Å². The molecule has 280 valence electrons. The van der Waals surface area contributed by atoms with E-state index in [-0.39, 0.29) is 17.1 Å². The van der Waals surface area contributed by atoms with E-state index in [4.69, 9.17) is 0 Å². The van der Waals surface area contributed by atoms with E-state index >= 15 is 0 Å². The van der Waals surface area contributed by atoms with Crippen molar-refractivity contribution in [2.75, 3.05) is 11.4 Å². The number of anilines is 2. The first kappa shape index (κ1) is 34.2. The number of aromatic nitrogens is 1. The number of benzene rings is 5. The Morgan fingerprint density at radius 1 is 0.772 bits per heavy atom. The molecule has 2 unspecified atom stereocenters. The van der Waals surface area contributed by atoms with Gasteiger partial charge in [0.1, 0.15) is 6.17 Å². The van der Waals surface area contributed by atoms with Gasteiger partial charge in [0.2, 0.25) is 0 Å². The molecule has 0 saturated heterocycles. The normalized spacial score (nSPS) is 21.5. The number of allylic oxidation sites excluding steroid dienone is 6. The summed E-state index contributed by atoms with van der Waals surface area (Å²) >= 11 is 0. The highest BCUT2D eigenvalue weighted by Crippen LogP contribution is 2.58. The van der Waals surface area contributed by atoms with Gasteiger partial charge in [-0.3, -0.25) is 0 Å². The molecule has 0 spiro atoms. The van der Waals surface area contributed by atoms with E-state index in [9.17, 15) is 0 Å². The molecular weight excluding hydrogens is 693 g/mol. The quantitative estimate of drug-likeness (QED) is 0.177. The second-order valence-corrected chi connectivity index (χ2v) is 17.0. The smallest absolute Gasteiger partial charge is 0.123 e. The van der Waals surface area contributed by atoms with Gasteiger partial charge in [0.25, 0.3) is 0 Å². The summed E-state index contributed by atoms with van der Waals surface area (Å²) in [6.45, 7) is 8.17. The molecule has 0 bridgehead atoms. The molecule has 0 fully saturated rings. The Hall–Kier alpha value is -6.10. The van der Waals surface area contributed by atoms with Crippen molar-refractivity contribution in [2.24, 2.45) is 0 Å². The number of hydrogen-bond acceptors (Lipinski definition) is 3. The van der Waals surface area contributed by atoms with Crippen LogP contribution in [0.2, 0.25) is 0 Å². The van der Waals surface area contributed by atoms with Crippen LogP contribution in [-0.4, -0.2) is 22.8 Å². The van der Waals surface area contributed by atoms with Gasteiger partial charge in [-0.15, -0.1) is 0 Å². The Balaban J connectivity index is 1.19. The SMILES string of the molecule is CC1(C2=CC=CC(N3c4ccc5c(c4-c4ccn(-c6cccc(-c7ccccc7)c6)c4Cc4ccc6ccccc6c43)C(C)(C)C3=C5CCC=C3)N2)C=CCCN1. The number of fused-ring (bicyclic) bond motifs is 9. The molecule has 1 aromatic heterocycles. The van der Waals surface area contributed by atoms with Crippen LogP contribution < -0.4 is 15.5 Å². The molecule has 4 heterocycles. The second-order valence-electron chi connectivity index (χ2n) is 17.0. The molecule has 5 aromatic carbocycles. The van der Waals surface area contributed by atoms with E-state index in [1.165, 1.54) is 89.3 Å². The van der Waals surface area contributed by atoms with E-state index < -0.39 is 0 Å². The summed E-state index contributed by atoms with van der Waals surface area (Å²) in [4.78, 5) is 2.65.